The van der Waals surface area contributed by atoms with Crippen LogP contribution in [0.5, 0.6) is 0 Å². The Morgan fingerprint density at radius 1 is 0.607 bits per heavy atom. The van der Waals surface area contributed by atoms with Crippen molar-refractivity contribution in [3.05, 3.63) is 12.2 Å². The van der Waals surface area contributed by atoms with Gasteiger partial charge in [0.25, 0.3) is 0 Å². The first-order valence-corrected chi connectivity index (χ1v) is 15.5. The van der Waals surface area contributed by atoms with Crippen LogP contribution in [-0.2, 0) is 4.43 Å². The maximum Gasteiger partial charge on any atom is 0.191 e. The second-order valence-electron chi connectivity index (χ2n) is 10.3. The van der Waals surface area contributed by atoms with Gasteiger partial charge in [0, 0.05) is 6.61 Å². The molecule has 0 atom stereocenters. The largest absolute Gasteiger partial charge is 0.417 e. The minimum absolute atomic E-state index is 0.334. The molecule has 0 saturated heterocycles. The predicted molar refractivity (Wildman–Crippen MR) is 132 cm³/mol. The molecule has 2 heteroatoms. The molecule has 168 valence electrons. The molecule has 0 unspecified atom stereocenters. The fourth-order valence-corrected chi connectivity index (χ4v) is 4.33. The topological polar surface area (TPSA) is 9.23 Å². The second-order valence-corrected chi connectivity index (χ2v) is 15.1. The van der Waals surface area contributed by atoms with E-state index in [-0.39, 0.29) is 0 Å². The third kappa shape index (κ3) is 16.8. The molecular formula is C26H54OSi. The van der Waals surface area contributed by atoms with Crippen LogP contribution < -0.4 is 0 Å². The van der Waals surface area contributed by atoms with Crippen LogP contribution in [-0.4, -0.2) is 14.9 Å². The van der Waals surface area contributed by atoms with Crippen LogP contribution in [0.3, 0.4) is 0 Å². The fourth-order valence-electron chi connectivity index (χ4n) is 3.25. The molecule has 0 bridgehead atoms. The molecule has 0 aliphatic carbocycles. The average molecular weight is 411 g/mol. The van der Waals surface area contributed by atoms with E-state index < -0.39 is 8.32 Å². The number of hydrogen-bond acceptors (Lipinski definition) is 1. The van der Waals surface area contributed by atoms with Crippen molar-refractivity contribution >= 4 is 8.32 Å². The summed E-state index contributed by atoms with van der Waals surface area (Å²) in [5.74, 6) is 0. The van der Waals surface area contributed by atoms with Crippen LogP contribution in [0.15, 0.2) is 12.2 Å². The minimum Gasteiger partial charge on any atom is -0.417 e. The van der Waals surface area contributed by atoms with Crippen LogP contribution in [0.4, 0.5) is 0 Å². The molecule has 0 aromatic heterocycles. The predicted octanol–water partition coefficient (Wildman–Crippen LogP) is 9.83. The Bertz CT molecular complexity index is 354. The lowest BCUT2D eigenvalue weighted by Crippen LogP contribution is -2.40. The van der Waals surface area contributed by atoms with E-state index in [2.05, 4.69) is 52.9 Å². The number of unbranched alkanes of at least 4 members (excludes halogenated alkanes) is 14. The molecule has 0 aliphatic rings. The molecule has 0 aromatic carbocycles. The molecule has 0 aliphatic heterocycles. The highest BCUT2D eigenvalue weighted by Gasteiger charge is 2.36. The van der Waals surface area contributed by atoms with Crippen molar-refractivity contribution in [1.82, 2.24) is 0 Å². The van der Waals surface area contributed by atoms with Crippen molar-refractivity contribution in [2.24, 2.45) is 0 Å². The summed E-state index contributed by atoms with van der Waals surface area (Å²) in [7, 11) is -1.54. The molecule has 0 fully saturated rings. The summed E-state index contributed by atoms with van der Waals surface area (Å²) in [6.45, 7) is 14.9. The lowest BCUT2D eigenvalue weighted by molar-refractivity contribution is 0.279. The molecular weight excluding hydrogens is 356 g/mol. The van der Waals surface area contributed by atoms with Crippen molar-refractivity contribution in [1.29, 1.82) is 0 Å². The van der Waals surface area contributed by atoms with E-state index >= 15 is 0 Å². The molecule has 0 amide bonds. The molecule has 0 radical (unpaired) electrons. The van der Waals surface area contributed by atoms with Gasteiger partial charge in [-0.15, -0.1) is 0 Å². The zero-order valence-electron chi connectivity index (χ0n) is 20.6. The summed E-state index contributed by atoms with van der Waals surface area (Å²) in [6, 6.07) is 0. The van der Waals surface area contributed by atoms with Gasteiger partial charge in [0.15, 0.2) is 8.32 Å². The molecule has 0 spiro atoms. The summed E-state index contributed by atoms with van der Waals surface area (Å²) in [4.78, 5) is 0. The maximum absolute atomic E-state index is 6.24. The lowest BCUT2D eigenvalue weighted by atomic mass is 10.0. The Labute approximate surface area is 180 Å². The van der Waals surface area contributed by atoms with Crippen LogP contribution in [0.1, 0.15) is 130 Å². The number of rotatable bonds is 19. The molecule has 0 N–H and O–H groups in total. The zero-order chi connectivity index (χ0) is 21.1. The first-order valence-electron chi connectivity index (χ1n) is 12.6. The monoisotopic (exact) mass is 410 g/mol. The van der Waals surface area contributed by atoms with Gasteiger partial charge in [0.05, 0.1) is 0 Å². The van der Waals surface area contributed by atoms with E-state index in [1.54, 1.807) is 0 Å². The summed E-state index contributed by atoms with van der Waals surface area (Å²) >= 11 is 0. The highest BCUT2D eigenvalue weighted by molar-refractivity contribution is 6.74. The minimum atomic E-state index is -1.54. The first kappa shape index (κ1) is 27.9. The SMILES string of the molecule is CCCCCCCCCCCCCC/C=C\CCCCO[Si](C)(C)C(C)(C)C. The maximum atomic E-state index is 6.24. The van der Waals surface area contributed by atoms with Gasteiger partial charge in [0.2, 0.25) is 0 Å². The van der Waals surface area contributed by atoms with Crippen molar-refractivity contribution in [3.63, 3.8) is 0 Å². The third-order valence-corrected chi connectivity index (χ3v) is 11.0. The van der Waals surface area contributed by atoms with Crippen LogP contribution in [0, 0.1) is 0 Å². The summed E-state index contributed by atoms with van der Waals surface area (Å²) in [5.41, 5.74) is 0. The van der Waals surface area contributed by atoms with E-state index in [0.29, 0.717) is 5.04 Å². The lowest BCUT2D eigenvalue weighted by Gasteiger charge is -2.36. The van der Waals surface area contributed by atoms with Gasteiger partial charge in [-0.3, -0.25) is 0 Å². The van der Waals surface area contributed by atoms with E-state index in [1.165, 1.54) is 103 Å². The molecule has 0 saturated carbocycles. The fraction of sp³-hybridized carbons (Fsp3) is 0.923. The summed E-state index contributed by atoms with van der Waals surface area (Å²) in [5, 5.41) is 0.334. The summed E-state index contributed by atoms with van der Waals surface area (Å²) < 4.78 is 6.24. The molecule has 1 nitrogen and oxygen atoms in total. The standard InChI is InChI=1S/C26H54OSi/c1-7-8-9-10-11-12-13-14-15-16-17-18-19-20-21-22-23-24-25-27-28(5,6)26(2,3)4/h20-21H,7-19,22-25H2,1-6H3/b21-20-. The van der Waals surface area contributed by atoms with Gasteiger partial charge < -0.3 is 4.43 Å². The molecule has 0 rings (SSSR count). The van der Waals surface area contributed by atoms with Gasteiger partial charge in [-0.2, -0.15) is 0 Å². The van der Waals surface area contributed by atoms with Gasteiger partial charge in [-0.05, 0) is 50.2 Å². The van der Waals surface area contributed by atoms with Crippen LogP contribution in [0.2, 0.25) is 18.1 Å². The summed E-state index contributed by atoms with van der Waals surface area (Å²) in [6.07, 6.45) is 27.0. The van der Waals surface area contributed by atoms with Gasteiger partial charge in [-0.25, -0.2) is 0 Å². The Kier molecular flexibility index (Phi) is 17.7. The zero-order valence-corrected chi connectivity index (χ0v) is 21.6. The number of hydrogen-bond donors (Lipinski definition) is 0. The van der Waals surface area contributed by atoms with Crippen molar-refractivity contribution in [2.75, 3.05) is 6.61 Å². The normalized spacial score (nSPS) is 12.9. The Morgan fingerprint density at radius 2 is 1.00 bits per heavy atom. The molecule has 0 aromatic rings. The van der Waals surface area contributed by atoms with Crippen molar-refractivity contribution < 1.29 is 4.43 Å². The number of allylic oxidation sites excluding steroid dienone is 2. The Hall–Kier alpha value is -0.0831. The second kappa shape index (κ2) is 17.7. The molecule has 0 heterocycles. The van der Waals surface area contributed by atoms with Gasteiger partial charge in [0.1, 0.15) is 0 Å². The first-order chi connectivity index (χ1) is 13.3. The average Bonchev–Trinajstić information content (AvgIpc) is 2.62. The highest BCUT2D eigenvalue weighted by atomic mass is 28.4. The van der Waals surface area contributed by atoms with E-state index in [4.69, 9.17) is 4.43 Å². The highest BCUT2D eigenvalue weighted by Crippen LogP contribution is 2.36. The van der Waals surface area contributed by atoms with E-state index in [9.17, 15) is 0 Å². The van der Waals surface area contributed by atoms with E-state index in [0.717, 1.165) is 6.61 Å². The van der Waals surface area contributed by atoms with Gasteiger partial charge >= 0.3 is 0 Å². The quantitative estimate of drug-likeness (QED) is 0.117. The van der Waals surface area contributed by atoms with Crippen molar-refractivity contribution in [3.8, 4) is 0 Å². The van der Waals surface area contributed by atoms with E-state index in [1.807, 2.05) is 0 Å². The smallest absolute Gasteiger partial charge is 0.191 e. The van der Waals surface area contributed by atoms with Crippen LogP contribution >= 0.6 is 0 Å². The Balaban J connectivity index is 3.29. The van der Waals surface area contributed by atoms with Gasteiger partial charge in [-0.1, -0.05) is 110 Å². The third-order valence-electron chi connectivity index (χ3n) is 6.43. The van der Waals surface area contributed by atoms with Crippen LogP contribution in [0.25, 0.3) is 0 Å². The molecule has 28 heavy (non-hydrogen) atoms. The Morgan fingerprint density at radius 3 is 1.43 bits per heavy atom. The van der Waals surface area contributed by atoms with Crippen molar-refractivity contribution in [2.45, 2.75) is 149 Å².